The predicted molar refractivity (Wildman–Crippen MR) is 46.1 cm³/mol. The summed E-state index contributed by atoms with van der Waals surface area (Å²) in [5.41, 5.74) is 0. The van der Waals surface area contributed by atoms with E-state index in [0.29, 0.717) is 0 Å². The molecule has 94 valence electrons. The Kier molecular flexibility index (Phi) is 2.74. The van der Waals surface area contributed by atoms with Crippen LogP contribution in [-0.4, -0.2) is 22.5 Å². The molecule has 1 rings (SSSR count). The molecule has 2 atom stereocenters. The zero-order valence-electron chi connectivity index (χ0n) is 9.25. The molecule has 1 aliphatic heterocycles. The van der Waals surface area contributed by atoms with E-state index in [1.54, 1.807) is 27.7 Å². The molecule has 0 spiro atoms. The van der Waals surface area contributed by atoms with E-state index in [1.807, 2.05) is 0 Å². The maximum absolute atomic E-state index is 11.5. The Balaban J connectivity index is 3.04. The Labute approximate surface area is 89.9 Å². The van der Waals surface area contributed by atoms with Crippen molar-refractivity contribution in [2.24, 2.45) is 11.8 Å². The van der Waals surface area contributed by atoms with Gasteiger partial charge in [0.1, 0.15) is 0 Å². The van der Waals surface area contributed by atoms with Crippen molar-refractivity contribution in [2.75, 3.05) is 0 Å². The van der Waals surface area contributed by atoms with Crippen LogP contribution in [0.1, 0.15) is 27.7 Å². The van der Waals surface area contributed by atoms with E-state index in [-0.39, 0.29) is 11.8 Å². The van der Waals surface area contributed by atoms with Crippen LogP contribution in [0.3, 0.4) is 0 Å². The third-order valence-electron chi connectivity index (χ3n) is 2.23. The van der Waals surface area contributed by atoms with Gasteiger partial charge in [-0.2, -0.15) is 0 Å². The summed E-state index contributed by atoms with van der Waals surface area (Å²) in [6.07, 6.45) is -1.60. The SMILES string of the molecule is CC(C)C1O[I+]([O-])(O)(O)(O)OC1C(C)C. The first-order chi connectivity index (χ1) is 6.34. The first-order valence-electron chi connectivity index (χ1n) is 4.75. The molecular formula is C8H19IO6. The Morgan fingerprint density at radius 3 is 1.40 bits per heavy atom. The summed E-state index contributed by atoms with van der Waals surface area (Å²) < 4.78 is 48.3. The van der Waals surface area contributed by atoms with Crippen molar-refractivity contribution in [1.29, 1.82) is 0 Å². The molecule has 0 radical (unpaired) electrons. The molecule has 1 aliphatic rings. The Morgan fingerprint density at radius 2 is 1.20 bits per heavy atom. The average molecular weight is 338 g/mol. The molecule has 15 heavy (non-hydrogen) atoms. The minimum absolute atomic E-state index is 0.155. The zero-order chi connectivity index (χ0) is 12.1. The molecule has 7 heteroatoms. The van der Waals surface area contributed by atoms with E-state index in [2.05, 4.69) is 6.13 Å². The molecule has 2 unspecified atom stereocenters. The molecule has 0 amide bonds. The average Bonchev–Trinajstić information content (AvgIpc) is 2.17. The molecule has 1 saturated heterocycles. The molecule has 0 aromatic heterocycles. The van der Waals surface area contributed by atoms with Gasteiger partial charge in [0, 0.05) is 0 Å². The quantitative estimate of drug-likeness (QED) is 0.446. The fourth-order valence-electron chi connectivity index (χ4n) is 1.53. The normalized spacial score (nSPS) is 42.0. The van der Waals surface area contributed by atoms with Gasteiger partial charge in [-0.1, -0.05) is 0 Å². The fourth-order valence-corrected chi connectivity index (χ4v) is 5.94. The topological polar surface area (TPSA) is 102 Å². The molecule has 0 saturated carbocycles. The van der Waals surface area contributed by atoms with Crippen molar-refractivity contribution in [3.05, 3.63) is 0 Å². The molecule has 3 N–H and O–H groups in total. The maximum atomic E-state index is 11.5. The van der Waals surface area contributed by atoms with Crippen LogP contribution in [0, 0.1) is 11.8 Å². The first-order valence-corrected chi connectivity index (χ1v) is 10.3. The number of rotatable bonds is 2. The molecular weight excluding hydrogens is 319 g/mol. The second-order valence-electron chi connectivity index (χ2n) is 4.63. The molecule has 0 aromatic rings. The van der Waals surface area contributed by atoms with Crippen LogP contribution in [0.2, 0.25) is 0 Å². The van der Waals surface area contributed by atoms with E-state index in [9.17, 15) is 13.7 Å². The Hall–Kier alpha value is 0.490. The van der Waals surface area contributed by atoms with Gasteiger partial charge in [0.2, 0.25) is 0 Å². The molecule has 1 fully saturated rings. The van der Waals surface area contributed by atoms with Gasteiger partial charge in [-0.25, -0.2) is 0 Å². The third kappa shape index (κ3) is 3.22. The van der Waals surface area contributed by atoms with Gasteiger partial charge in [0.05, 0.1) is 0 Å². The van der Waals surface area contributed by atoms with Gasteiger partial charge >= 0.3 is 89.8 Å². The standard InChI is InChI=1S/C8H19IO6/c1-5(2)7-8(6(3)4)15-9(10,11,12,13)14-7/h5-8,10-12H,1-4H3. The molecule has 0 aromatic carbocycles. The predicted octanol–water partition coefficient (Wildman–Crippen LogP) is -3.86. The van der Waals surface area contributed by atoms with E-state index in [1.165, 1.54) is 0 Å². The summed E-state index contributed by atoms with van der Waals surface area (Å²) in [7, 11) is 0. The summed E-state index contributed by atoms with van der Waals surface area (Å²) in [6, 6.07) is 0. The summed E-state index contributed by atoms with van der Waals surface area (Å²) in [5.74, 6) is -0.310. The van der Waals surface area contributed by atoms with E-state index < -0.39 is 30.4 Å². The van der Waals surface area contributed by atoms with Crippen molar-refractivity contribution in [1.82, 2.24) is 0 Å². The molecule has 0 aliphatic carbocycles. The van der Waals surface area contributed by atoms with Gasteiger partial charge in [0.25, 0.3) is 0 Å². The number of hydrogen-bond acceptors (Lipinski definition) is 6. The monoisotopic (exact) mass is 338 g/mol. The summed E-state index contributed by atoms with van der Waals surface area (Å²) in [4.78, 5) is 0. The van der Waals surface area contributed by atoms with Crippen molar-refractivity contribution in [3.8, 4) is 0 Å². The van der Waals surface area contributed by atoms with Crippen LogP contribution in [0.4, 0.5) is 0 Å². The van der Waals surface area contributed by atoms with Crippen LogP contribution >= 0.6 is 0 Å². The molecule has 6 nitrogen and oxygen atoms in total. The third-order valence-corrected chi connectivity index (χ3v) is 5.60. The van der Waals surface area contributed by atoms with Gasteiger partial charge in [0.15, 0.2) is 0 Å². The molecule has 1 heterocycles. The van der Waals surface area contributed by atoms with Gasteiger partial charge < -0.3 is 0 Å². The van der Waals surface area contributed by atoms with Gasteiger partial charge in [-0.05, 0) is 0 Å². The van der Waals surface area contributed by atoms with Crippen LogP contribution < -0.4 is 21.6 Å². The van der Waals surface area contributed by atoms with Crippen molar-refractivity contribution in [2.45, 2.75) is 39.9 Å². The van der Waals surface area contributed by atoms with E-state index in [0.717, 1.165) is 0 Å². The van der Waals surface area contributed by atoms with E-state index in [4.69, 9.17) is 0 Å². The van der Waals surface area contributed by atoms with Crippen molar-refractivity contribution in [3.63, 3.8) is 0 Å². The van der Waals surface area contributed by atoms with Crippen LogP contribution in [0.5, 0.6) is 0 Å². The van der Waals surface area contributed by atoms with Gasteiger partial charge in [-0.3, -0.25) is 0 Å². The van der Waals surface area contributed by atoms with Crippen LogP contribution in [-0.2, 0) is 6.13 Å². The zero-order valence-corrected chi connectivity index (χ0v) is 11.4. The molecule has 0 bridgehead atoms. The Bertz CT molecular complexity index is 243. The summed E-state index contributed by atoms with van der Waals surface area (Å²) in [5, 5.41) is 0. The second kappa shape index (κ2) is 3.03. The number of halogens is 1. The van der Waals surface area contributed by atoms with E-state index >= 15 is 0 Å². The number of hydrogen-bond donors (Lipinski definition) is 3. The van der Waals surface area contributed by atoms with Gasteiger partial charge in [-0.15, -0.1) is 0 Å². The second-order valence-corrected chi connectivity index (χ2v) is 11.6. The summed E-state index contributed by atoms with van der Waals surface area (Å²) in [6.45, 7) is 7.00. The van der Waals surface area contributed by atoms with Crippen LogP contribution in [0.25, 0.3) is 0 Å². The van der Waals surface area contributed by atoms with Crippen molar-refractivity contribution < 1.29 is 38.0 Å². The van der Waals surface area contributed by atoms with Crippen molar-refractivity contribution >= 4 is 0 Å². The first kappa shape index (κ1) is 13.6. The summed E-state index contributed by atoms with van der Waals surface area (Å²) >= 11 is -7.72. The fraction of sp³-hybridized carbons (Fsp3) is 1.00. The van der Waals surface area contributed by atoms with Crippen LogP contribution in [0.15, 0.2) is 0 Å². The Morgan fingerprint density at radius 1 is 0.933 bits per heavy atom. The minimum atomic E-state index is -7.72.